The van der Waals surface area contributed by atoms with E-state index < -0.39 is 11.3 Å². The molecule has 2 fully saturated rings. The molecule has 9 heteroatoms. The van der Waals surface area contributed by atoms with E-state index in [9.17, 15) is 4.79 Å². The monoisotopic (exact) mass is 460 g/mol. The Balaban J connectivity index is 1.57. The minimum absolute atomic E-state index is 0.0859. The second-order valence-electron chi connectivity index (χ2n) is 9.03. The lowest BCUT2D eigenvalue weighted by Gasteiger charge is -2.38. The molecule has 2 unspecified atom stereocenters. The summed E-state index contributed by atoms with van der Waals surface area (Å²) in [6, 6.07) is 10.1. The lowest BCUT2D eigenvalue weighted by atomic mass is 9.85. The van der Waals surface area contributed by atoms with Gasteiger partial charge in [-0.25, -0.2) is 9.97 Å². The summed E-state index contributed by atoms with van der Waals surface area (Å²) in [6.07, 6.45) is 1.50. The summed E-state index contributed by atoms with van der Waals surface area (Å²) in [6.45, 7) is 9.12. The normalized spacial score (nSPS) is 30.7. The lowest BCUT2D eigenvalue weighted by molar-refractivity contribution is -0.169. The molecule has 172 valence electrons. The number of hydrogen-bond donors (Lipinski definition) is 2. The summed E-state index contributed by atoms with van der Waals surface area (Å²) in [4.78, 5) is 19.4. The highest BCUT2D eigenvalue weighted by Gasteiger charge is 2.63. The number of fused-ring (bicyclic) bond motifs is 1. The molecular formula is C23H29ClN4O4. The number of anilines is 2. The van der Waals surface area contributed by atoms with Gasteiger partial charge in [-0.1, -0.05) is 48.9 Å². The fraction of sp³-hybridized carbons (Fsp3) is 0.522. The van der Waals surface area contributed by atoms with Crippen molar-refractivity contribution < 1.29 is 19.0 Å². The van der Waals surface area contributed by atoms with Crippen LogP contribution in [-0.2, 0) is 25.6 Å². The van der Waals surface area contributed by atoms with Crippen LogP contribution in [0.2, 0.25) is 5.15 Å². The first-order valence-corrected chi connectivity index (χ1v) is 11.1. The van der Waals surface area contributed by atoms with Crippen molar-refractivity contribution >= 4 is 29.5 Å². The molecule has 1 saturated carbocycles. The van der Waals surface area contributed by atoms with Crippen LogP contribution in [0.5, 0.6) is 0 Å². The van der Waals surface area contributed by atoms with Gasteiger partial charge < -0.3 is 24.8 Å². The Kier molecular flexibility index (Phi) is 6.40. The Labute approximate surface area is 193 Å². The molecule has 5 atom stereocenters. The maximum atomic E-state index is 11.1. The number of nitrogens with zero attached hydrogens (tertiary/aromatic N) is 2. The van der Waals surface area contributed by atoms with Gasteiger partial charge in [0.05, 0.1) is 24.9 Å². The third kappa shape index (κ3) is 4.32. The molecule has 0 spiro atoms. The third-order valence-corrected chi connectivity index (χ3v) is 6.83. The molecule has 2 aromatic rings. The Morgan fingerprint density at radius 2 is 1.94 bits per heavy atom. The Morgan fingerprint density at radius 3 is 2.66 bits per heavy atom. The fourth-order valence-electron chi connectivity index (χ4n) is 4.77. The van der Waals surface area contributed by atoms with Gasteiger partial charge in [-0.05, 0) is 32.3 Å². The number of benzene rings is 1. The minimum atomic E-state index is -0.719. The summed E-state index contributed by atoms with van der Waals surface area (Å²) >= 11 is 6.20. The molecule has 1 aliphatic carbocycles. The van der Waals surface area contributed by atoms with E-state index in [0.717, 1.165) is 5.56 Å². The number of ether oxygens (including phenoxy) is 3. The van der Waals surface area contributed by atoms with Gasteiger partial charge in [0, 0.05) is 5.92 Å². The molecular weight excluding hydrogens is 432 g/mol. The van der Waals surface area contributed by atoms with Gasteiger partial charge in [0.25, 0.3) is 0 Å². The van der Waals surface area contributed by atoms with Crippen molar-refractivity contribution in [3.8, 4) is 0 Å². The second kappa shape index (κ2) is 8.94. The first kappa shape index (κ1) is 22.9. The van der Waals surface area contributed by atoms with Crippen molar-refractivity contribution in [1.29, 1.82) is 0 Å². The Morgan fingerprint density at radius 1 is 1.19 bits per heavy atom. The summed E-state index contributed by atoms with van der Waals surface area (Å²) in [7, 11) is 0. The van der Waals surface area contributed by atoms with Gasteiger partial charge in [-0.2, -0.15) is 0 Å². The number of carbonyl (C=O) groups excluding carboxylic acids is 1. The van der Waals surface area contributed by atoms with Gasteiger partial charge >= 0.3 is 0 Å². The van der Waals surface area contributed by atoms with Crippen molar-refractivity contribution in [1.82, 2.24) is 9.97 Å². The number of nitrogens with one attached hydrogen (secondary N) is 2. The molecule has 2 N–H and O–H groups in total. The molecule has 1 aromatic carbocycles. The van der Waals surface area contributed by atoms with Gasteiger partial charge in [-0.3, -0.25) is 4.79 Å². The second-order valence-corrected chi connectivity index (χ2v) is 9.39. The van der Waals surface area contributed by atoms with E-state index in [0.29, 0.717) is 31.1 Å². The number of carbonyl (C=O) groups is 1. The van der Waals surface area contributed by atoms with E-state index >= 15 is 0 Å². The summed E-state index contributed by atoms with van der Waals surface area (Å²) in [5, 5.41) is 6.24. The predicted molar refractivity (Wildman–Crippen MR) is 121 cm³/mol. The highest BCUT2D eigenvalue weighted by atomic mass is 35.5. The molecule has 2 heterocycles. The van der Waals surface area contributed by atoms with Gasteiger partial charge in [0.1, 0.15) is 18.1 Å². The van der Waals surface area contributed by atoms with Gasteiger partial charge in [-0.15, -0.1) is 0 Å². The van der Waals surface area contributed by atoms with Crippen LogP contribution < -0.4 is 10.6 Å². The van der Waals surface area contributed by atoms with Crippen LogP contribution in [0.1, 0.15) is 33.3 Å². The van der Waals surface area contributed by atoms with E-state index in [4.69, 9.17) is 25.8 Å². The molecule has 0 radical (unpaired) electrons. The molecule has 4 rings (SSSR count). The maximum Gasteiger partial charge on any atom is 0.211 e. The SMILES string of the molecule is C[C@H]1C(COCc2ccccc2)[C@H]2OC(C)(C)O[C@H]2C1(C)Nc1ncnc(Cl)c1NC=O. The zero-order valence-electron chi connectivity index (χ0n) is 18.7. The minimum Gasteiger partial charge on any atom is -0.376 e. The number of aromatic nitrogens is 2. The Bertz CT molecular complexity index is 960. The largest absolute Gasteiger partial charge is 0.376 e. The quantitative estimate of drug-likeness (QED) is 0.456. The van der Waals surface area contributed by atoms with E-state index in [-0.39, 0.29) is 29.2 Å². The van der Waals surface area contributed by atoms with Crippen LogP contribution in [0.4, 0.5) is 11.5 Å². The smallest absolute Gasteiger partial charge is 0.211 e. The molecule has 1 aliphatic heterocycles. The first-order valence-electron chi connectivity index (χ1n) is 10.7. The third-order valence-electron chi connectivity index (χ3n) is 6.54. The van der Waals surface area contributed by atoms with Crippen molar-refractivity contribution in [3.05, 3.63) is 47.4 Å². The van der Waals surface area contributed by atoms with E-state index in [1.165, 1.54) is 6.33 Å². The zero-order valence-corrected chi connectivity index (χ0v) is 19.4. The van der Waals surface area contributed by atoms with Gasteiger partial charge in [0.15, 0.2) is 16.8 Å². The van der Waals surface area contributed by atoms with E-state index in [2.05, 4.69) is 34.4 Å². The van der Waals surface area contributed by atoms with Crippen LogP contribution in [0.3, 0.4) is 0 Å². The summed E-state index contributed by atoms with van der Waals surface area (Å²) in [5.41, 5.74) is 0.895. The molecule has 1 amide bonds. The first-order chi connectivity index (χ1) is 15.2. The molecule has 8 nitrogen and oxygen atoms in total. The average Bonchev–Trinajstić information content (AvgIpc) is 3.17. The number of hydrogen-bond acceptors (Lipinski definition) is 7. The molecule has 1 saturated heterocycles. The van der Waals surface area contributed by atoms with Crippen LogP contribution in [0.25, 0.3) is 0 Å². The maximum absolute atomic E-state index is 11.1. The van der Waals surface area contributed by atoms with Crippen molar-refractivity contribution in [2.45, 2.75) is 57.8 Å². The summed E-state index contributed by atoms with van der Waals surface area (Å²) in [5.74, 6) is -0.0992. The fourth-order valence-corrected chi connectivity index (χ4v) is 4.95. The number of halogens is 1. The van der Waals surface area contributed by atoms with Gasteiger partial charge in [0.2, 0.25) is 6.41 Å². The van der Waals surface area contributed by atoms with E-state index in [1.807, 2.05) is 44.2 Å². The number of rotatable bonds is 8. The molecule has 0 bridgehead atoms. The topological polar surface area (TPSA) is 94.6 Å². The standard InChI is InChI=1S/C23H29ClN4O4/c1-14-16(11-30-10-15-8-6-5-7-9-15)18-19(32-22(2,3)31-18)23(14,4)28-21-17(27-13-29)20(24)25-12-26-21/h5-9,12-14,16,18-19H,10-11H2,1-4H3,(H,27,29)(H,25,26,28)/t14-,16?,18+,19+,23?/m0/s1. The lowest BCUT2D eigenvalue weighted by Crippen LogP contribution is -2.50. The number of amides is 1. The van der Waals surface area contributed by atoms with Crippen LogP contribution >= 0.6 is 11.6 Å². The Hall–Kier alpha value is -2.26. The van der Waals surface area contributed by atoms with Crippen LogP contribution in [0.15, 0.2) is 36.7 Å². The molecule has 32 heavy (non-hydrogen) atoms. The van der Waals surface area contributed by atoms with Crippen LogP contribution in [-0.4, -0.2) is 46.5 Å². The molecule has 2 aliphatic rings. The highest BCUT2D eigenvalue weighted by Crippen LogP contribution is 2.51. The summed E-state index contributed by atoms with van der Waals surface area (Å²) < 4.78 is 18.8. The van der Waals surface area contributed by atoms with Crippen molar-refractivity contribution in [2.75, 3.05) is 17.2 Å². The zero-order chi connectivity index (χ0) is 22.9. The van der Waals surface area contributed by atoms with Crippen LogP contribution in [0, 0.1) is 11.8 Å². The van der Waals surface area contributed by atoms with Crippen molar-refractivity contribution in [3.63, 3.8) is 0 Å². The highest BCUT2D eigenvalue weighted by molar-refractivity contribution is 6.32. The molecule has 1 aromatic heterocycles. The van der Waals surface area contributed by atoms with E-state index in [1.54, 1.807) is 0 Å². The average molecular weight is 461 g/mol. The van der Waals surface area contributed by atoms with Crippen molar-refractivity contribution in [2.24, 2.45) is 11.8 Å². The predicted octanol–water partition coefficient (Wildman–Crippen LogP) is 3.87.